The van der Waals surface area contributed by atoms with E-state index < -0.39 is 24.7 Å². The Labute approximate surface area is 137 Å². The van der Waals surface area contributed by atoms with Crippen LogP contribution in [0.25, 0.3) is 0 Å². The SMILES string of the molecule is O=C1CCCc2cc(N[C@@H]3CCN(CC(F)(F)F)C3=O)ccc2N1. The monoisotopic (exact) mass is 341 g/mol. The first-order valence-electron chi connectivity index (χ1n) is 7.87. The molecule has 2 heterocycles. The molecule has 0 aliphatic carbocycles. The van der Waals surface area contributed by atoms with Crippen LogP contribution in [0.4, 0.5) is 24.5 Å². The molecule has 3 rings (SSSR count). The van der Waals surface area contributed by atoms with Gasteiger partial charge in [0.15, 0.2) is 0 Å². The standard InChI is InChI=1S/C16H18F3N3O2/c17-16(18,19)9-22-7-6-13(15(22)24)20-11-4-5-12-10(8-11)2-1-3-14(23)21-12/h4-5,8,13,20H,1-3,6-7,9H2,(H,21,23)/t13-/m1/s1. The van der Waals surface area contributed by atoms with Crippen LogP contribution >= 0.6 is 0 Å². The van der Waals surface area contributed by atoms with E-state index in [0.29, 0.717) is 18.5 Å². The van der Waals surface area contributed by atoms with E-state index in [1.807, 2.05) is 6.07 Å². The highest BCUT2D eigenvalue weighted by Crippen LogP contribution is 2.27. The Morgan fingerprint density at radius 3 is 2.79 bits per heavy atom. The number of nitrogens with zero attached hydrogens (tertiary/aromatic N) is 1. The molecule has 5 nitrogen and oxygen atoms in total. The number of amides is 2. The number of benzene rings is 1. The number of likely N-dealkylation sites (tertiary alicyclic amines) is 1. The molecule has 0 bridgehead atoms. The molecule has 0 unspecified atom stereocenters. The molecule has 1 atom stereocenters. The van der Waals surface area contributed by atoms with E-state index in [0.717, 1.165) is 29.0 Å². The molecule has 1 aromatic carbocycles. The number of carbonyl (C=O) groups excluding carboxylic acids is 2. The molecule has 130 valence electrons. The Kier molecular flexibility index (Phi) is 4.38. The molecule has 2 aliphatic heterocycles. The van der Waals surface area contributed by atoms with Crippen LogP contribution in [0.1, 0.15) is 24.8 Å². The van der Waals surface area contributed by atoms with Crippen molar-refractivity contribution in [2.75, 3.05) is 23.7 Å². The Morgan fingerprint density at radius 2 is 2.04 bits per heavy atom. The van der Waals surface area contributed by atoms with Gasteiger partial charge in [0.25, 0.3) is 0 Å². The van der Waals surface area contributed by atoms with E-state index in [-0.39, 0.29) is 12.5 Å². The average Bonchev–Trinajstić information content (AvgIpc) is 2.70. The number of carbonyl (C=O) groups is 2. The summed E-state index contributed by atoms with van der Waals surface area (Å²) in [5.74, 6) is -0.557. The molecule has 1 saturated heterocycles. The van der Waals surface area contributed by atoms with Gasteiger partial charge in [0, 0.05) is 24.3 Å². The third kappa shape index (κ3) is 3.80. The highest BCUT2D eigenvalue weighted by molar-refractivity contribution is 5.93. The lowest BCUT2D eigenvalue weighted by Gasteiger charge is -2.19. The maximum Gasteiger partial charge on any atom is 0.406 e. The minimum Gasteiger partial charge on any atom is -0.374 e. The molecule has 8 heteroatoms. The lowest BCUT2D eigenvalue weighted by atomic mass is 10.1. The molecule has 2 aliphatic rings. The summed E-state index contributed by atoms with van der Waals surface area (Å²) in [6, 6.07) is 4.68. The predicted octanol–water partition coefficient (Wildman–Crippen LogP) is 2.54. The molecule has 2 amide bonds. The van der Waals surface area contributed by atoms with Crippen molar-refractivity contribution in [1.29, 1.82) is 0 Å². The van der Waals surface area contributed by atoms with Gasteiger partial charge in [-0.2, -0.15) is 13.2 Å². The summed E-state index contributed by atoms with van der Waals surface area (Å²) in [6.45, 7) is -1.11. The van der Waals surface area contributed by atoms with Crippen molar-refractivity contribution in [3.8, 4) is 0 Å². The molecule has 0 aromatic heterocycles. The van der Waals surface area contributed by atoms with Crippen LogP contribution in [0.5, 0.6) is 0 Å². The molecule has 0 spiro atoms. The lowest BCUT2D eigenvalue weighted by Crippen LogP contribution is -2.39. The zero-order valence-corrected chi connectivity index (χ0v) is 12.9. The van der Waals surface area contributed by atoms with Gasteiger partial charge in [-0.05, 0) is 43.0 Å². The normalized spacial score (nSPS) is 21.3. The van der Waals surface area contributed by atoms with Crippen LogP contribution in [0, 0.1) is 0 Å². The van der Waals surface area contributed by atoms with Gasteiger partial charge in [-0.1, -0.05) is 0 Å². The van der Waals surface area contributed by atoms with E-state index in [4.69, 9.17) is 0 Å². The van der Waals surface area contributed by atoms with E-state index in [9.17, 15) is 22.8 Å². The van der Waals surface area contributed by atoms with Crippen molar-refractivity contribution in [2.24, 2.45) is 0 Å². The fraction of sp³-hybridized carbons (Fsp3) is 0.500. The highest BCUT2D eigenvalue weighted by atomic mass is 19.4. The number of hydrogen-bond acceptors (Lipinski definition) is 3. The van der Waals surface area contributed by atoms with E-state index in [1.54, 1.807) is 12.1 Å². The number of nitrogens with one attached hydrogen (secondary N) is 2. The molecule has 0 saturated carbocycles. The third-order valence-electron chi connectivity index (χ3n) is 4.24. The van der Waals surface area contributed by atoms with Crippen LogP contribution in [-0.4, -0.2) is 42.0 Å². The summed E-state index contributed by atoms with van der Waals surface area (Å²) in [5.41, 5.74) is 2.39. The van der Waals surface area contributed by atoms with Gasteiger partial charge in [-0.25, -0.2) is 0 Å². The van der Waals surface area contributed by atoms with Crippen LogP contribution in [0.3, 0.4) is 0 Å². The maximum absolute atomic E-state index is 12.4. The number of aryl methyl sites for hydroxylation is 1. The second kappa shape index (κ2) is 6.33. The number of fused-ring (bicyclic) bond motifs is 1. The third-order valence-corrected chi connectivity index (χ3v) is 4.24. The van der Waals surface area contributed by atoms with Gasteiger partial charge in [0.2, 0.25) is 11.8 Å². The predicted molar refractivity (Wildman–Crippen MR) is 82.7 cm³/mol. The number of anilines is 2. The average molecular weight is 341 g/mol. The van der Waals surface area contributed by atoms with Crippen molar-refractivity contribution in [2.45, 2.75) is 37.9 Å². The van der Waals surface area contributed by atoms with Gasteiger partial charge in [0.05, 0.1) is 0 Å². The minimum atomic E-state index is -4.38. The first kappa shape index (κ1) is 16.6. The smallest absolute Gasteiger partial charge is 0.374 e. The van der Waals surface area contributed by atoms with E-state index in [1.165, 1.54) is 0 Å². The van der Waals surface area contributed by atoms with Crippen molar-refractivity contribution >= 4 is 23.2 Å². The molecule has 24 heavy (non-hydrogen) atoms. The van der Waals surface area contributed by atoms with Gasteiger partial charge in [-0.3, -0.25) is 9.59 Å². The quantitative estimate of drug-likeness (QED) is 0.888. The van der Waals surface area contributed by atoms with Crippen LogP contribution in [0.15, 0.2) is 18.2 Å². The van der Waals surface area contributed by atoms with Crippen molar-refractivity contribution < 1.29 is 22.8 Å². The molecular weight excluding hydrogens is 323 g/mol. The minimum absolute atomic E-state index is 0.0248. The van der Waals surface area contributed by atoms with Crippen molar-refractivity contribution in [1.82, 2.24) is 4.90 Å². The van der Waals surface area contributed by atoms with E-state index in [2.05, 4.69) is 10.6 Å². The van der Waals surface area contributed by atoms with Gasteiger partial charge in [0.1, 0.15) is 12.6 Å². The zero-order chi connectivity index (χ0) is 17.3. The van der Waals surface area contributed by atoms with E-state index >= 15 is 0 Å². The topological polar surface area (TPSA) is 61.4 Å². The lowest BCUT2D eigenvalue weighted by molar-refractivity contribution is -0.157. The van der Waals surface area contributed by atoms with Crippen molar-refractivity contribution in [3.63, 3.8) is 0 Å². The molecule has 1 aromatic rings. The fourth-order valence-electron chi connectivity index (χ4n) is 3.11. The number of hydrogen-bond donors (Lipinski definition) is 2. The number of halogens is 3. The molecule has 1 fully saturated rings. The summed E-state index contributed by atoms with van der Waals surface area (Å²) < 4.78 is 37.3. The number of rotatable bonds is 3. The first-order chi connectivity index (χ1) is 11.3. The summed E-state index contributed by atoms with van der Waals surface area (Å²) in [7, 11) is 0. The summed E-state index contributed by atoms with van der Waals surface area (Å²) in [6.07, 6.45) is -2.10. The second-order valence-electron chi connectivity index (χ2n) is 6.13. The summed E-state index contributed by atoms with van der Waals surface area (Å²) in [5, 5.41) is 5.83. The Bertz CT molecular complexity index is 660. The fourth-order valence-corrected chi connectivity index (χ4v) is 3.11. The largest absolute Gasteiger partial charge is 0.406 e. The summed E-state index contributed by atoms with van der Waals surface area (Å²) in [4.78, 5) is 24.4. The highest BCUT2D eigenvalue weighted by Gasteiger charge is 2.39. The van der Waals surface area contributed by atoms with Crippen molar-refractivity contribution in [3.05, 3.63) is 23.8 Å². The van der Waals surface area contributed by atoms with Gasteiger partial charge >= 0.3 is 6.18 Å². The maximum atomic E-state index is 12.4. The van der Waals surface area contributed by atoms with Gasteiger partial charge in [-0.15, -0.1) is 0 Å². The molecule has 0 radical (unpaired) electrons. The Balaban J connectivity index is 1.68. The second-order valence-corrected chi connectivity index (χ2v) is 6.13. The Hall–Kier alpha value is -2.25. The van der Waals surface area contributed by atoms with Gasteiger partial charge < -0.3 is 15.5 Å². The molecule has 2 N–H and O–H groups in total. The number of alkyl halides is 3. The van der Waals surface area contributed by atoms with Crippen LogP contribution < -0.4 is 10.6 Å². The Morgan fingerprint density at radius 1 is 1.25 bits per heavy atom. The van der Waals surface area contributed by atoms with Crippen LogP contribution in [0.2, 0.25) is 0 Å². The first-order valence-corrected chi connectivity index (χ1v) is 7.87. The zero-order valence-electron chi connectivity index (χ0n) is 12.9. The van der Waals surface area contributed by atoms with Crippen LogP contribution in [-0.2, 0) is 16.0 Å². The summed E-state index contributed by atoms with van der Waals surface area (Å²) >= 11 is 0. The molecular formula is C16H18F3N3O2.